The van der Waals surface area contributed by atoms with E-state index in [1.807, 2.05) is 56.3 Å². The van der Waals surface area contributed by atoms with Crippen molar-refractivity contribution in [1.82, 2.24) is 0 Å². The van der Waals surface area contributed by atoms with Gasteiger partial charge in [0, 0.05) is 11.3 Å². The van der Waals surface area contributed by atoms with Crippen LogP contribution < -0.4 is 10.6 Å². The maximum Gasteiger partial charge on any atom is 0.287 e. The van der Waals surface area contributed by atoms with E-state index in [2.05, 4.69) is 23.6 Å². The van der Waals surface area contributed by atoms with E-state index in [1.54, 1.807) is 0 Å². The van der Waals surface area contributed by atoms with Crippen LogP contribution in [0, 0.1) is 13.8 Å². The Morgan fingerprint density at radius 2 is 1.83 bits per heavy atom. The third-order valence-corrected chi connectivity index (χ3v) is 4.30. The maximum absolute atomic E-state index is 12.9. The molecule has 1 amide bonds. The number of benzene rings is 2. The summed E-state index contributed by atoms with van der Waals surface area (Å²) < 4.78 is 0. The SMILES string of the molecule is CCCCC[NH2+][C@@H](C(=O)Nc1cc(C)ccc1C)c1ccccc1. The molecule has 0 aliphatic heterocycles. The fourth-order valence-electron chi connectivity index (χ4n) is 2.81. The first-order valence-corrected chi connectivity index (χ1v) is 8.88. The molecule has 0 spiro atoms. The Labute approximate surface area is 145 Å². The molecule has 1 atom stereocenters. The molecule has 24 heavy (non-hydrogen) atoms. The number of hydrogen-bond acceptors (Lipinski definition) is 1. The lowest BCUT2D eigenvalue weighted by Gasteiger charge is -2.17. The summed E-state index contributed by atoms with van der Waals surface area (Å²) in [6.07, 6.45) is 3.53. The van der Waals surface area contributed by atoms with Crippen LogP contribution in [0.4, 0.5) is 5.69 Å². The van der Waals surface area contributed by atoms with Crippen molar-refractivity contribution in [2.75, 3.05) is 11.9 Å². The number of carbonyl (C=O) groups excluding carboxylic acids is 1. The van der Waals surface area contributed by atoms with Crippen molar-refractivity contribution in [3.63, 3.8) is 0 Å². The van der Waals surface area contributed by atoms with Crippen molar-refractivity contribution in [3.05, 3.63) is 65.2 Å². The molecule has 0 heterocycles. The van der Waals surface area contributed by atoms with Crippen molar-refractivity contribution >= 4 is 11.6 Å². The fourth-order valence-corrected chi connectivity index (χ4v) is 2.81. The summed E-state index contributed by atoms with van der Waals surface area (Å²) in [4.78, 5) is 12.9. The Hall–Kier alpha value is -2.13. The van der Waals surface area contributed by atoms with Crippen LogP contribution in [-0.2, 0) is 4.79 Å². The predicted molar refractivity (Wildman–Crippen MR) is 100 cm³/mol. The zero-order chi connectivity index (χ0) is 17.4. The number of unbranched alkanes of at least 4 members (excludes halogenated alkanes) is 2. The third kappa shape index (κ3) is 5.20. The second-order valence-electron chi connectivity index (χ2n) is 6.43. The van der Waals surface area contributed by atoms with Crippen molar-refractivity contribution in [2.24, 2.45) is 0 Å². The van der Waals surface area contributed by atoms with Gasteiger partial charge in [0.25, 0.3) is 5.91 Å². The number of anilines is 1. The lowest BCUT2D eigenvalue weighted by atomic mass is 10.0. The van der Waals surface area contributed by atoms with Crippen LogP contribution in [0.5, 0.6) is 0 Å². The van der Waals surface area contributed by atoms with Crippen LogP contribution in [0.25, 0.3) is 0 Å². The smallest absolute Gasteiger partial charge is 0.287 e. The molecule has 0 saturated heterocycles. The quantitative estimate of drug-likeness (QED) is 0.714. The fraction of sp³-hybridized carbons (Fsp3) is 0.381. The Morgan fingerprint density at radius 3 is 2.54 bits per heavy atom. The predicted octanol–water partition coefficient (Wildman–Crippen LogP) is 3.74. The van der Waals surface area contributed by atoms with Crippen molar-refractivity contribution < 1.29 is 10.1 Å². The second-order valence-corrected chi connectivity index (χ2v) is 6.43. The van der Waals surface area contributed by atoms with Gasteiger partial charge in [0.1, 0.15) is 0 Å². The van der Waals surface area contributed by atoms with Gasteiger partial charge in [-0.3, -0.25) is 4.79 Å². The number of nitrogens with one attached hydrogen (secondary N) is 1. The number of rotatable bonds is 8. The van der Waals surface area contributed by atoms with Gasteiger partial charge >= 0.3 is 0 Å². The summed E-state index contributed by atoms with van der Waals surface area (Å²) in [6, 6.07) is 16.0. The van der Waals surface area contributed by atoms with Crippen molar-refractivity contribution in [2.45, 2.75) is 46.1 Å². The zero-order valence-electron chi connectivity index (χ0n) is 15.0. The standard InChI is InChI=1S/C21H28N2O/c1-4-5-9-14-22-20(18-10-7-6-8-11-18)21(24)23-19-15-16(2)12-13-17(19)3/h6-8,10-13,15,20,22H,4-5,9,14H2,1-3H3,(H,23,24)/p+1/t20-/m1/s1. The Kier molecular flexibility index (Phi) is 7.01. The number of aryl methyl sites for hydroxylation is 2. The number of carbonyl (C=O) groups is 1. The van der Waals surface area contributed by atoms with E-state index in [0.717, 1.165) is 35.3 Å². The Bertz CT molecular complexity index is 652. The molecular formula is C21H29N2O+. The third-order valence-electron chi connectivity index (χ3n) is 4.30. The molecule has 0 aromatic heterocycles. The monoisotopic (exact) mass is 325 g/mol. The summed E-state index contributed by atoms with van der Waals surface area (Å²) in [5.41, 5.74) is 4.20. The molecule has 0 saturated carbocycles. The van der Waals surface area contributed by atoms with Crippen LogP contribution in [0.1, 0.15) is 48.9 Å². The van der Waals surface area contributed by atoms with Gasteiger partial charge in [-0.15, -0.1) is 0 Å². The first-order valence-electron chi connectivity index (χ1n) is 8.88. The minimum absolute atomic E-state index is 0.0476. The molecule has 0 radical (unpaired) electrons. The molecule has 3 nitrogen and oxygen atoms in total. The number of nitrogens with two attached hydrogens (primary N) is 1. The average molecular weight is 325 g/mol. The molecular weight excluding hydrogens is 296 g/mol. The zero-order valence-corrected chi connectivity index (χ0v) is 15.0. The molecule has 0 fully saturated rings. The Balaban J connectivity index is 2.13. The van der Waals surface area contributed by atoms with Crippen LogP contribution in [0.2, 0.25) is 0 Å². The van der Waals surface area contributed by atoms with Gasteiger partial charge in [-0.25, -0.2) is 0 Å². The van der Waals surface area contributed by atoms with E-state index >= 15 is 0 Å². The summed E-state index contributed by atoms with van der Waals surface area (Å²) in [5.74, 6) is 0.0476. The topological polar surface area (TPSA) is 45.7 Å². The van der Waals surface area contributed by atoms with Gasteiger partial charge in [0.05, 0.1) is 6.54 Å². The molecule has 0 bridgehead atoms. The molecule has 0 aliphatic carbocycles. The number of quaternary nitrogens is 1. The molecule has 2 aromatic rings. The van der Waals surface area contributed by atoms with E-state index in [1.165, 1.54) is 12.8 Å². The molecule has 0 unspecified atom stereocenters. The van der Waals surface area contributed by atoms with Gasteiger partial charge in [-0.2, -0.15) is 0 Å². The van der Waals surface area contributed by atoms with Gasteiger partial charge in [0.2, 0.25) is 0 Å². The van der Waals surface area contributed by atoms with Gasteiger partial charge < -0.3 is 10.6 Å². The summed E-state index contributed by atoms with van der Waals surface area (Å²) in [7, 11) is 0. The van der Waals surface area contributed by atoms with Gasteiger partial charge in [-0.1, -0.05) is 55.8 Å². The molecule has 2 aromatic carbocycles. The molecule has 3 heteroatoms. The highest BCUT2D eigenvalue weighted by molar-refractivity contribution is 5.95. The normalized spacial score (nSPS) is 12.0. The highest BCUT2D eigenvalue weighted by Crippen LogP contribution is 2.18. The molecule has 2 rings (SSSR count). The largest absolute Gasteiger partial charge is 0.332 e. The van der Waals surface area contributed by atoms with Crippen LogP contribution in [0.15, 0.2) is 48.5 Å². The maximum atomic E-state index is 12.9. The van der Waals surface area contributed by atoms with Crippen LogP contribution in [0.3, 0.4) is 0 Å². The van der Waals surface area contributed by atoms with Gasteiger partial charge in [-0.05, 0) is 43.9 Å². The lowest BCUT2D eigenvalue weighted by molar-refractivity contribution is -0.682. The lowest BCUT2D eigenvalue weighted by Crippen LogP contribution is -2.87. The van der Waals surface area contributed by atoms with Gasteiger partial charge in [0.15, 0.2) is 6.04 Å². The molecule has 128 valence electrons. The van der Waals surface area contributed by atoms with E-state index in [-0.39, 0.29) is 11.9 Å². The minimum atomic E-state index is -0.206. The van der Waals surface area contributed by atoms with Crippen molar-refractivity contribution in [3.8, 4) is 0 Å². The van der Waals surface area contributed by atoms with E-state index in [4.69, 9.17) is 0 Å². The first kappa shape index (κ1) is 18.2. The summed E-state index contributed by atoms with van der Waals surface area (Å²) in [5, 5.41) is 5.28. The second kappa shape index (κ2) is 9.24. The van der Waals surface area contributed by atoms with E-state index in [9.17, 15) is 4.79 Å². The van der Waals surface area contributed by atoms with Crippen LogP contribution in [-0.4, -0.2) is 12.5 Å². The highest BCUT2D eigenvalue weighted by Gasteiger charge is 2.24. The van der Waals surface area contributed by atoms with E-state index < -0.39 is 0 Å². The average Bonchev–Trinajstić information content (AvgIpc) is 2.59. The van der Waals surface area contributed by atoms with Crippen molar-refractivity contribution in [1.29, 1.82) is 0 Å². The number of amides is 1. The number of hydrogen-bond donors (Lipinski definition) is 2. The molecule has 3 N–H and O–H groups in total. The Morgan fingerprint density at radius 1 is 1.08 bits per heavy atom. The van der Waals surface area contributed by atoms with Crippen LogP contribution >= 0.6 is 0 Å². The van der Waals surface area contributed by atoms with E-state index in [0.29, 0.717) is 0 Å². The first-order chi connectivity index (χ1) is 11.6. The molecule has 0 aliphatic rings. The highest BCUT2D eigenvalue weighted by atomic mass is 16.2. The summed E-state index contributed by atoms with van der Waals surface area (Å²) >= 11 is 0. The minimum Gasteiger partial charge on any atom is -0.332 e. The summed E-state index contributed by atoms with van der Waals surface area (Å²) in [6.45, 7) is 7.23.